The largest absolute Gasteiger partial charge is 0.497 e. The topological polar surface area (TPSA) is 103 Å². The van der Waals surface area contributed by atoms with Crippen LogP contribution in [0.3, 0.4) is 0 Å². The number of methoxy groups -OCH3 is 2. The van der Waals surface area contributed by atoms with Crippen LogP contribution < -0.4 is 24.2 Å². The molecule has 30 heavy (non-hydrogen) atoms. The van der Waals surface area contributed by atoms with Crippen molar-refractivity contribution in [2.24, 2.45) is 0 Å². The first-order valence-corrected chi connectivity index (χ1v) is 10.4. The first-order chi connectivity index (χ1) is 14.4. The smallest absolute Gasteiger partial charge is 0.265 e. The van der Waals surface area contributed by atoms with Gasteiger partial charge in [-0.1, -0.05) is 12.1 Å². The van der Waals surface area contributed by atoms with Crippen LogP contribution in [0.5, 0.6) is 23.0 Å². The van der Waals surface area contributed by atoms with E-state index in [1.54, 1.807) is 30.3 Å². The Hall–Kier alpha value is -3.72. The van der Waals surface area contributed by atoms with E-state index in [0.29, 0.717) is 22.9 Å². The molecular weight excluding hydrogens is 408 g/mol. The van der Waals surface area contributed by atoms with Crippen LogP contribution in [0.2, 0.25) is 0 Å². The van der Waals surface area contributed by atoms with Crippen LogP contribution in [-0.2, 0) is 10.0 Å². The number of ether oxygens (including phenoxy) is 3. The summed E-state index contributed by atoms with van der Waals surface area (Å²) in [5.74, 6) is 0.937. The standard InChI is InChI=1S/C21H18N2O6S/c1-27-14-8-10-19(28-2)20(12-14)30(25,26)23-13-7-9-17-15(11-13)21(24)22-16-5-3-4-6-18(16)29-17/h3-12,23H,1-2H3,(H,22,24). The van der Waals surface area contributed by atoms with Gasteiger partial charge in [-0.05, 0) is 42.5 Å². The zero-order valence-electron chi connectivity index (χ0n) is 16.1. The molecule has 8 nitrogen and oxygen atoms in total. The second kappa shape index (κ2) is 7.60. The molecule has 0 radical (unpaired) electrons. The highest BCUT2D eigenvalue weighted by Crippen LogP contribution is 2.37. The SMILES string of the molecule is COc1ccc(OC)c(S(=O)(=O)Nc2ccc3c(c2)C(=O)Nc2ccccc2O3)c1. The summed E-state index contributed by atoms with van der Waals surface area (Å²) in [7, 11) is -1.21. The van der Waals surface area contributed by atoms with Gasteiger partial charge in [0.15, 0.2) is 5.75 Å². The summed E-state index contributed by atoms with van der Waals surface area (Å²) in [4.78, 5) is 12.5. The summed E-state index contributed by atoms with van der Waals surface area (Å²) >= 11 is 0. The Bertz CT molecular complexity index is 1240. The van der Waals surface area contributed by atoms with E-state index < -0.39 is 15.9 Å². The van der Waals surface area contributed by atoms with Crippen LogP contribution in [0.4, 0.5) is 11.4 Å². The maximum atomic E-state index is 13.0. The van der Waals surface area contributed by atoms with Gasteiger partial charge < -0.3 is 19.5 Å². The van der Waals surface area contributed by atoms with Crippen molar-refractivity contribution in [1.82, 2.24) is 0 Å². The van der Waals surface area contributed by atoms with E-state index in [4.69, 9.17) is 14.2 Å². The summed E-state index contributed by atoms with van der Waals surface area (Å²) in [6.45, 7) is 0. The van der Waals surface area contributed by atoms with E-state index in [2.05, 4.69) is 10.0 Å². The minimum atomic E-state index is -4.02. The Morgan fingerprint density at radius 3 is 2.50 bits per heavy atom. The van der Waals surface area contributed by atoms with Gasteiger partial charge in [0.2, 0.25) is 0 Å². The van der Waals surface area contributed by atoms with Gasteiger partial charge in [-0.2, -0.15) is 0 Å². The Morgan fingerprint density at radius 1 is 0.933 bits per heavy atom. The summed E-state index contributed by atoms with van der Waals surface area (Å²) in [6.07, 6.45) is 0. The lowest BCUT2D eigenvalue weighted by molar-refractivity contribution is 0.102. The van der Waals surface area contributed by atoms with Gasteiger partial charge in [0.1, 0.15) is 22.1 Å². The lowest BCUT2D eigenvalue weighted by Gasteiger charge is -2.14. The van der Waals surface area contributed by atoms with Crippen molar-refractivity contribution in [1.29, 1.82) is 0 Å². The van der Waals surface area contributed by atoms with E-state index in [9.17, 15) is 13.2 Å². The van der Waals surface area contributed by atoms with Gasteiger partial charge in [0.05, 0.1) is 25.5 Å². The highest BCUT2D eigenvalue weighted by Gasteiger charge is 2.24. The van der Waals surface area contributed by atoms with E-state index in [-0.39, 0.29) is 21.9 Å². The highest BCUT2D eigenvalue weighted by molar-refractivity contribution is 7.92. The molecule has 9 heteroatoms. The first kappa shape index (κ1) is 19.6. The molecule has 0 unspecified atom stereocenters. The molecule has 0 atom stereocenters. The molecule has 2 N–H and O–H groups in total. The van der Waals surface area contributed by atoms with Crippen molar-refractivity contribution in [3.8, 4) is 23.0 Å². The van der Waals surface area contributed by atoms with E-state index >= 15 is 0 Å². The first-order valence-electron chi connectivity index (χ1n) is 8.88. The molecule has 4 rings (SSSR count). The van der Waals surface area contributed by atoms with Crippen LogP contribution in [0.25, 0.3) is 0 Å². The molecule has 0 spiro atoms. The Kier molecular flexibility index (Phi) is 4.96. The molecule has 0 saturated heterocycles. The second-order valence-electron chi connectivity index (χ2n) is 6.39. The number of hydrogen-bond acceptors (Lipinski definition) is 6. The molecule has 0 bridgehead atoms. The minimum Gasteiger partial charge on any atom is -0.497 e. The highest BCUT2D eigenvalue weighted by atomic mass is 32.2. The van der Waals surface area contributed by atoms with Gasteiger partial charge in [0, 0.05) is 11.8 Å². The van der Waals surface area contributed by atoms with Crippen LogP contribution in [0.1, 0.15) is 10.4 Å². The van der Waals surface area contributed by atoms with E-state index in [1.165, 1.54) is 44.6 Å². The van der Waals surface area contributed by atoms with Crippen molar-refractivity contribution in [2.75, 3.05) is 24.3 Å². The van der Waals surface area contributed by atoms with Crippen LogP contribution in [0, 0.1) is 0 Å². The van der Waals surface area contributed by atoms with Gasteiger partial charge in [-0.15, -0.1) is 0 Å². The number of sulfonamides is 1. The third kappa shape index (κ3) is 3.62. The summed E-state index contributed by atoms with van der Waals surface area (Å²) in [5.41, 5.74) is 0.925. The van der Waals surface area contributed by atoms with Crippen LogP contribution >= 0.6 is 0 Å². The maximum Gasteiger partial charge on any atom is 0.265 e. The zero-order valence-corrected chi connectivity index (χ0v) is 16.9. The Balaban J connectivity index is 1.69. The molecule has 1 heterocycles. The quantitative estimate of drug-likeness (QED) is 0.642. The fourth-order valence-electron chi connectivity index (χ4n) is 3.03. The summed E-state index contributed by atoms with van der Waals surface area (Å²) < 4.78 is 44.5. The molecule has 0 aromatic heterocycles. The maximum absolute atomic E-state index is 13.0. The number of anilines is 2. The summed E-state index contributed by atoms with van der Waals surface area (Å²) in [5, 5.41) is 2.76. The predicted molar refractivity (Wildman–Crippen MR) is 111 cm³/mol. The van der Waals surface area contributed by atoms with Crippen LogP contribution in [0.15, 0.2) is 65.6 Å². The van der Waals surface area contributed by atoms with Crippen molar-refractivity contribution in [3.63, 3.8) is 0 Å². The molecule has 1 aliphatic rings. The number of nitrogens with one attached hydrogen (secondary N) is 2. The predicted octanol–water partition coefficient (Wildman–Crippen LogP) is 3.86. The Labute approximate surface area is 173 Å². The molecule has 0 aliphatic carbocycles. The average Bonchev–Trinajstić information content (AvgIpc) is 2.88. The van der Waals surface area contributed by atoms with Crippen LogP contribution in [-0.4, -0.2) is 28.5 Å². The number of carbonyl (C=O) groups excluding carboxylic acids is 1. The molecule has 0 saturated carbocycles. The van der Waals surface area contributed by atoms with Gasteiger partial charge in [0.25, 0.3) is 15.9 Å². The van der Waals surface area contributed by atoms with Gasteiger partial charge in [-0.3, -0.25) is 9.52 Å². The molecule has 3 aromatic rings. The van der Waals surface area contributed by atoms with Crippen molar-refractivity contribution in [2.45, 2.75) is 4.90 Å². The van der Waals surface area contributed by atoms with Gasteiger partial charge in [-0.25, -0.2) is 8.42 Å². The van der Waals surface area contributed by atoms with E-state index in [0.717, 1.165) is 0 Å². The van der Waals surface area contributed by atoms with Gasteiger partial charge >= 0.3 is 0 Å². The third-order valence-corrected chi connectivity index (χ3v) is 5.89. The minimum absolute atomic E-state index is 0.0904. The molecule has 1 amide bonds. The van der Waals surface area contributed by atoms with Crippen molar-refractivity contribution in [3.05, 3.63) is 66.2 Å². The number of amides is 1. The monoisotopic (exact) mass is 426 g/mol. The number of benzene rings is 3. The molecule has 3 aromatic carbocycles. The number of hydrogen-bond donors (Lipinski definition) is 2. The number of fused-ring (bicyclic) bond motifs is 2. The Morgan fingerprint density at radius 2 is 1.73 bits per heavy atom. The molecule has 1 aliphatic heterocycles. The number of rotatable bonds is 5. The number of para-hydroxylation sites is 2. The molecule has 0 fully saturated rings. The third-order valence-electron chi connectivity index (χ3n) is 4.49. The second-order valence-corrected chi connectivity index (χ2v) is 8.04. The fraction of sp³-hybridized carbons (Fsp3) is 0.0952. The fourth-order valence-corrected chi connectivity index (χ4v) is 4.27. The summed E-state index contributed by atoms with van der Waals surface area (Å²) in [6, 6.07) is 16.0. The average molecular weight is 426 g/mol. The normalized spacial score (nSPS) is 12.5. The van der Waals surface area contributed by atoms with Crippen molar-refractivity contribution < 1.29 is 27.4 Å². The lowest BCUT2D eigenvalue weighted by Crippen LogP contribution is -2.15. The lowest BCUT2D eigenvalue weighted by atomic mass is 10.1. The molecule has 154 valence electrons. The number of carbonyl (C=O) groups is 1. The van der Waals surface area contributed by atoms with E-state index in [1.807, 2.05) is 0 Å². The molecular formula is C21H18N2O6S. The van der Waals surface area contributed by atoms with Crippen molar-refractivity contribution >= 4 is 27.3 Å². The zero-order chi connectivity index (χ0) is 21.3.